The van der Waals surface area contributed by atoms with E-state index in [1.165, 1.54) is 4.90 Å². The minimum Gasteiger partial charge on any atom is -0.279 e. The molecule has 2 amide bonds. The molecule has 1 atom stereocenters. The summed E-state index contributed by atoms with van der Waals surface area (Å²) in [6.07, 6.45) is 4.88. The van der Waals surface area contributed by atoms with Crippen molar-refractivity contribution in [2.75, 3.05) is 0 Å². The summed E-state index contributed by atoms with van der Waals surface area (Å²) in [5.74, 6) is 0.0203. The summed E-state index contributed by atoms with van der Waals surface area (Å²) in [4.78, 5) is 23.6. The SMILES string of the molecule is O=C1CCC(=O)N1C1[CH]CC1. The van der Waals surface area contributed by atoms with Crippen LogP contribution in [0, 0.1) is 6.42 Å². The van der Waals surface area contributed by atoms with Crippen LogP contribution < -0.4 is 0 Å². The van der Waals surface area contributed by atoms with Crippen LogP contribution in [0.5, 0.6) is 0 Å². The summed E-state index contributed by atoms with van der Waals surface area (Å²) in [5, 5.41) is 0. The molecule has 2 fully saturated rings. The van der Waals surface area contributed by atoms with Crippen molar-refractivity contribution in [3.63, 3.8) is 0 Å². The van der Waals surface area contributed by atoms with Crippen molar-refractivity contribution in [3.8, 4) is 0 Å². The lowest BCUT2D eigenvalue weighted by atomic mass is 9.92. The number of carbonyl (C=O) groups excluding carboxylic acids is 2. The zero-order chi connectivity index (χ0) is 7.84. The van der Waals surface area contributed by atoms with Gasteiger partial charge in [0.15, 0.2) is 0 Å². The van der Waals surface area contributed by atoms with Gasteiger partial charge in [-0.25, -0.2) is 0 Å². The first-order chi connectivity index (χ1) is 5.29. The van der Waals surface area contributed by atoms with Crippen molar-refractivity contribution in [2.24, 2.45) is 0 Å². The molecule has 1 aliphatic carbocycles. The van der Waals surface area contributed by atoms with Crippen LogP contribution in [0.25, 0.3) is 0 Å². The molecular weight excluding hydrogens is 142 g/mol. The predicted octanol–water partition coefficient (Wildman–Crippen LogP) is 0.502. The number of nitrogens with zero attached hydrogens (tertiary/aromatic N) is 1. The molecule has 3 nitrogen and oxygen atoms in total. The van der Waals surface area contributed by atoms with Crippen LogP contribution in [-0.4, -0.2) is 22.8 Å². The van der Waals surface area contributed by atoms with E-state index in [-0.39, 0.29) is 17.9 Å². The summed E-state index contributed by atoms with van der Waals surface area (Å²) in [7, 11) is 0. The van der Waals surface area contributed by atoms with Gasteiger partial charge in [0.2, 0.25) is 11.8 Å². The number of carbonyl (C=O) groups is 2. The Morgan fingerprint density at radius 1 is 1.27 bits per heavy atom. The smallest absolute Gasteiger partial charge is 0.229 e. The molecule has 1 saturated heterocycles. The highest BCUT2D eigenvalue weighted by Gasteiger charge is 2.37. The normalized spacial score (nSPS) is 26.0. The summed E-state index contributed by atoms with van der Waals surface area (Å²) in [5.41, 5.74) is 0. The van der Waals surface area contributed by atoms with Crippen LogP contribution in [0.2, 0.25) is 0 Å². The minimum atomic E-state index is 0.0101. The molecule has 0 bridgehead atoms. The van der Waals surface area contributed by atoms with Crippen molar-refractivity contribution in [1.82, 2.24) is 4.90 Å². The lowest BCUT2D eigenvalue weighted by Crippen LogP contribution is -2.43. The Kier molecular flexibility index (Phi) is 1.44. The topological polar surface area (TPSA) is 37.4 Å². The fourth-order valence-corrected chi connectivity index (χ4v) is 1.51. The van der Waals surface area contributed by atoms with Crippen molar-refractivity contribution in [1.29, 1.82) is 0 Å². The molecule has 3 heteroatoms. The average molecular weight is 152 g/mol. The molecular formula is C8H10NO2. The molecule has 0 aromatic rings. The number of rotatable bonds is 1. The van der Waals surface area contributed by atoms with Crippen LogP contribution >= 0.6 is 0 Å². The van der Waals surface area contributed by atoms with Gasteiger partial charge in [-0.2, -0.15) is 0 Å². The maximum atomic E-state index is 11.1. The number of imide groups is 1. The van der Waals surface area contributed by atoms with Gasteiger partial charge in [-0.05, 0) is 19.3 Å². The Hall–Kier alpha value is -0.860. The number of hydrogen-bond acceptors (Lipinski definition) is 2. The molecule has 0 N–H and O–H groups in total. The van der Waals surface area contributed by atoms with Crippen LogP contribution in [0.1, 0.15) is 25.7 Å². The molecule has 0 aromatic carbocycles. The first-order valence-electron chi connectivity index (χ1n) is 3.97. The number of hydrogen-bond donors (Lipinski definition) is 0. The second kappa shape index (κ2) is 2.32. The van der Waals surface area contributed by atoms with Crippen LogP contribution in [0.3, 0.4) is 0 Å². The van der Waals surface area contributed by atoms with Gasteiger partial charge in [-0.3, -0.25) is 14.5 Å². The molecule has 59 valence electrons. The van der Waals surface area contributed by atoms with Gasteiger partial charge in [0.1, 0.15) is 0 Å². The summed E-state index contributed by atoms with van der Waals surface area (Å²) < 4.78 is 0. The van der Waals surface area contributed by atoms with Crippen molar-refractivity contribution in [3.05, 3.63) is 6.42 Å². The van der Waals surface area contributed by atoms with Gasteiger partial charge in [0.25, 0.3) is 0 Å². The maximum Gasteiger partial charge on any atom is 0.229 e. The summed E-state index contributed by atoms with van der Waals surface area (Å²) in [6, 6.07) is 0.137. The Balaban J connectivity index is 2.09. The van der Waals surface area contributed by atoms with Crippen LogP contribution in [0.4, 0.5) is 0 Å². The quantitative estimate of drug-likeness (QED) is 0.513. The van der Waals surface area contributed by atoms with Crippen molar-refractivity contribution in [2.45, 2.75) is 31.7 Å². The highest BCUT2D eigenvalue weighted by molar-refractivity contribution is 6.02. The molecule has 11 heavy (non-hydrogen) atoms. The Bertz CT molecular complexity index is 192. The Morgan fingerprint density at radius 2 is 1.82 bits per heavy atom. The Morgan fingerprint density at radius 3 is 2.18 bits per heavy atom. The summed E-state index contributed by atoms with van der Waals surface area (Å²) in [6.45, 7) is 0. The maximum absolute atomic E-state index is 11.1. The molecule has 1 unspecified atom stereocenters. The second-order valence-corrected chi connectivity index (χ2v) is 3.04. The van der Waals surface area contributed by atoms with E-state index in [1.807, 2.05) is 6.42 Å². The van der Waals surface area contributed by atoms with Gasteiger partial charge in [-0.1, -0.05) is 0 Å². The summed E-state index contributed by atoms with van der Waals surface area (Å²) >= 11 is 0. The highest BCUT2D eigenvalue weighted by Crippen LogP contribution is 2.27. The largest absolute Gasteiger partial charge is 0.279 e. The molecule has 1 heterocycles. The van der Waals surface area contributed by atoms with Gasteiger partial charge in [0, 0.05) is 18.9 Å². The molecule has 2 rings (SSSR count). The zero-order valence-electron chi connectivity index (χ0n) is 6.25. The fourth-order valence-electron chi connectivity index (χ4n) is 1.51. The first kappa shape index (κ1) is 6.83. The van der Waals surface area contributed by atoms with E-state index in [2.05, 4.69) is 0 Å². The van der Waals surface area contributed by atoms with Gasteiger partial charge in [0.05, 0.1) is 0 Å². The van der Waals surface area contributed by atoms with E-state index in [1.54, 1.807) is 0 Å². The first-order valence-corrected chi connectivity index (χ1v) is 3.97. The Labute approximate surface area is 65.4 Å². The minimum absolute atomic E-state index is 0.0101. The molecule has 1 saturated carbocycles. The lowest BCUT2D eigenvalue weighted by Gasteiger charge is -2.32. The predicted molar refractivity (Wildman–Crippen MR) is 38.4 cm³/mol. The second-order valence-electron chi connectivity index (χ2n) is 3.04. The van der Waals surface area contributed by atoms with E-state index < -0.39 is 0 Å². The van der Waals surface area contributed by atoms with E-state index in [0.717, 1.165) is 12.8 Å². The number of amides is 2. The monoisotopic (exact) mass is 152 g/mol. The third kappa shape index (κ3) is 0.951. The van der Waals surface area contributed by atoms with Gasteiger partial charge < -0.3 is 0 Å². The van der Waals surface area contributed by atoms with E-state index in [4.69, 9.17) is 0 Å². The van der Waals surface area contributed by atoms with Crippen molar-refractivity contribution >= 4 is 11.8 Å². The molecule has 1 radical (unpaired) electrons. The van der Waals surface area contributed by atoms with Crippen LogP contribution in [0.15, 0.2) is 0 Å². The van der Waals surface area contributed by atoms with E-state index >= 15 is 0 Å². The average Bonchev–Trinajstić information content (AvgIpc) is 2.15. The fraction of sp³-hybridized carbons (Fsp3) is 0.625. The third-order valence-electron chi connectivity index (χ3n) is 2.32. The zero-order valence-corrected chi connectivity index (χ0v) is 6.25. The van der Waals surface area contributed by atoms with E-state index in [0.29, 0.717) is 12.8 Å². The number of likely N-dealkylation sites (tertiary alicyclic amines) is 1. The standard InChI is InChI=1S/C8H10NO2/c10-7-4-5-8(11)9(7)6-2-1-3-6/h2,6H,1,3-5H2. The highest BCUT2D eigenvalue weighted by atomic mass is 16.2. The van der Waals surface area contributed by atoms with Crippen molar-refractivity contribution < 1.29 is 9.59 Å². The van der Waals surface area contributed by atoms with Gasteiger partial charge >= 0.3 is 0 Å². The molecule has 1 aliphatic heterocycles. The molecule has 2 aliphatic rings. The molecule has 0 aromatic heterocycles. The lowest BCUT2D eigenvalue weighted by molar-refractivity contribution is -0.141. The third-order valence-corrected chi connectivity index (χ3v) is 2.32. The van der Waals surface area contributed by atoms with E-state index in [9.17, 15) is 9.59 Å². The van der Waals surface area contributed by atoms with Crippen LogP contribution in [-0.2, 0) is 9.59 Å². The van der Waals surface area contributed by atoms with Gasteiger partial charge in [-0.15, -0.1) is 0 Å². The molecule has 0 spiro atoms.